The number of fused-ring (bicyclic) bond motifs is 1. The molecule has 1 atom stereocenters. The number of hydrogen-bond donors (Lipinski definition) is 1. The molecule has 0 aliphatic rings. The van der Waals surface area contributed by atoms with Crippen molar-refractivity contribution >= 4 is 34.3 Å². The number of hydrogen-bond acceptors (Lipinski definition) is 5. The second-order valence-electron chi connectivity index (χ2n) is 8.95. The molecule has 40 heavy (non-hydrogen) atoms. The average molecular weight is 576 g/mol. The van der Waals surface area contributed by atoms with Gasteiger partial charge in [-0.1, -0.05) is 24.6 Å². The number of ketones is 1. The lowest BCUT2D eigenvalue weighted by molar-refractivity contribution is -0.274. The molecule has 4 rings (SSSR count). The average Bonchev–Trinajstić information content (AvgIpc) is 3.17. The summed E-state index contributed by atoms with van der Waals surface area (Å²) in [7, 11) is 1.51. The molecule has 0 spiro atoms. The first kappa shape index (κ1) is 28.8. The van der Waals surface area contributed by atoms with E-state index in [1.165, 1.54) is 19.2 Å². The highest BCUT2D eigenvalue weighted by atomic mass is 35.5. The van der Waals surface area contributed by atoms with Gasteiger partial charge in [-0.3, -0.25) is 4.79 Å². The summed E-state index contributed by atoms with van der Waals surface area (Å²) in [6.07, 6.45) is -5.81. The van der Waals surface area contributed by atoms with Crippen LogP contribution >= 0.6 is 11.6 Å². The van der Waals surface area contributed by atoms with Crippen molar-refractivity contribution in [2.45, 2.75) is 39.3 Å². The maximum Gasteiger partial charge on any atom is 0.573 e. The zero-order valence-corrected chi connectivity index (χ0v) is 22.5. The van der Waals surface area contributed by atoms with Crippen molar-refractivity contribution in [3.63, 3.8) is 0 Å². The van der Waals surface area contributed by atoms with Gasteiger partial charge in [0.05, 0.1) is 23.2 Å². The Bertz CT molecular complexity index is 1560. The van der Waals surface area contributed by atoms with Gasteiger partial charge in [-0.05, 0) is 67.4 Å². The third-order valence-corrected chi connectivity index (χ3v) is 6.67. The van der Waals surface area contributed by atoms with Crippen molar-refractivity contribution in [1.82, 2.24) is 4.57 Å². The molecule has 0 amide bonds. The number of carbonyl (C=O) groups is 2. The first-order valence-corrected chi connectivity index (χ1v) is 12.5. The maximum atomic E-state index is 13.6. The van der Waals surface area contributed by atoms with E-state index in [9.17, 15) is 27.9 Å². The number of benzene rings is 3. The number of halogens is 4. The molecule has 0 saturated carbocycles. The summed E-state index contributed by atoms with van der Waals surface area (Å²) in [5.74, 6) is -1.18. The number of ether oxygens (including phenoxy) is 3. The smallest absolute Gasteiger partial charge is 0.497 e. The van der Waals surface area contributed by atoms with Gasteiger partial charge in [0.15, 0.2) is 11.9 Å². The number of methoxy groups -OCH3 is 1. The largest absolute Gasteiger partial charge is 0.573 e. The molecule has 1 aromatic heterocycles. The van der Waals surface area contributed by atoms with Gasteiger partial charge < -0.3 is 23.9 Å². The summed E-state index contributed by atoms with van der Waals surface area (Å²) in [5, 5.41) is 10.0. The molecule has 4 aromatic rings. The standard InChI is InChI=1S/C29H25ClF3NO6/c1-4-24(28(36)37)39-25-13-17(5-12-22(25)30)15-34-16(2)26(27(35)18-6-8-19(38-3)9-7-18)21-11-10-20(14-23(21)34)40-29(31,32)33/h5-14,24H,4,15H2,1-3H3,(H,36,37). The van der Waals surface area contributed by atoms with Crippen molar-refractivity contribution in [2.24, 2.45) is 0 Å². The molecular weight excluding hydrogens is 551 g/mol. The molecule has 11 heteroatoms. The molecule has 1 N–H and O–H groups in total. The van der Waals surface area contributed by atoms with Crippen LogP contribution in [0.1, 0.15) is 40.5 Å². The highest BCUT2D eigenvalue weighted by Gasteiger charge is 2.32. The monoisotopic (exact) mass is 575 g/mol. The van der Waals surface area contributed by atoms with E-state index in [2.05, 4.69) is 4.74 Å². The number of carboxylic acids is 1. The predicted molar refractivity (Wildman–Crippen MR) is 143 cm³/mol. The fourth-order valence-corrected chi connectivity index (χ4v) is 4.57. The van der Waals surface area contributed by atoms with Gasteiger partial charge in [-0.15, -0.1) is 13.2 Å². The summed E-state index contributed by atoms with van der Waals surface area (Å²) < 4.78 is 55.6. The van der Waals surface area contributed by atoms with Crippen molar-refractivity contribution in [1.29, 1.82) is 0 Å². The zero-order chi connectivity index (χ0) is 29.2. The van der Waals surface area contributed by atoms with E-state index < -0.39 is 24.2 Å². The van der Waals surface area contributed by atoms with Gasteiger partial charge in [0.1, 0.15) is 17.2 Å². The van der Waals surface area contributed by atoms with Gasteiger partial charge in [0, 0.05) is 29.3 Å². The van der Waals surface area contributed by atoms with E-state index in [1.807, 2.05) is 0 Å². The van der Waals surface area contributed by atoms with E-state index in [0.29, 0.717) is 39.0 Å². The van der Waals surface area contributed by atoms with Gasteiger partial charge in [-0.25, -0.2) is 4.79 Å². The zero-order valence-electron chi connectivity index (χ0n) is 21.7. The first-order valence-electron chi connectivity index (χ1n) is 12.2. The van der Waals surface area contributed by atoms with Crippen molar-refractivity contribution in [2.75, 3.05) is 7.11 Å². The number of aliphatic carboxylic acids is 1. The first-order chi connectivity index (χ1) is 18.9. The number of carboxylic acid groups (broad SMARTS) is 1. The Balaban J connectivity index is 1.82. The lowest BCUT2D eigenvalue weighted by Gasteiger charge is -2.16. The molecule has 1 unspecified atom stereocenters. The van der Waals surface area contributed by atoms with Gasteiger partial charge in [0.25, 0.3) is 0 Å². The lowest BCUT2D eigenvalue weighted by atomic mass is 10.0. The van der Waals surface area contributed by atoms with Crippen LogP contribution in [-0.2, 0) is 11.3 Å². The molecule has 7 nitrogen and oxygen atoms in total. The second kappa shape index (κ2) is 11.5. The van der Waals surface area contributed by atoms with Crippen LogP contribution in [0.4, 0.5) is 13.2 Å². The maximum absolute atomic E-state index is 13.6. The number of aromatic nitrogens is 1. The molecule has 0 aliphatic carbocycles. The summed E-state index contributed by atoms with van der Waals surface area (Å²) >= 11 is 6.25. The van der Waals surface area contributed by atoms with Crippen LogP contribution in [0.3, 0.4) is 0 Å². The van der Waals surface area contributed by atoms with Gasteiger partial charge in [0.2, 0.25) is 0 Å². The third-order valence-electron chi connectivity index (χ3n) is 6.36. The predicted octanol–water partition coefficient (Wildman–Crippen LogP) is 7.03. The normalized spacial score (nSPS) is 12.3. The molecule has 0 saturated heterocycles. The quantitative estimate of drug-likeness (QED) is 0.204. The van der Waals surface area contributed by atoms with Crippen LogP contribution in [-0.4, -0.2) is 41.0 Å². The van der Waals surface area contributed by atoms with Crippen molar-refractivity contribution in [3.05, 3.63) is 88.1 Å². The molecule has 1 heterocycles. The van der Waals surface area contributed by atoms with Crippen molar-refractivity contribution in [3.8, 4) is 17.2 Å². The fourth-order valence-electron chi connectivity index (χ4n) is 4.41. The summed E-state index contributed by atoms with van der Waals surface area (Å²) in [5.41, 5.74) is 2.16. The highest BCUT2D eigenvalue weighted by Crippen LogP contribution is 2.35. The Labute approximate surface area is 232 Å². The minimum Gasteiger partial charge on any atom is -0.497 e. The Kier molecular flexibility index (Phi) is 8.29. The van der Waals surface area contributed by atoms with E-state index in [-0.39, 0.29) is 29.5 Å². The number of nitrogens with zero attached hydrogens (tertiary/aromatic N) is 1. The second-order valence-corrected chi connectivity index (χ2v) is 9.36. The van der Waals surface area contributed by atoms with Gasteiger partial charge in [-0.2, -0.15) is 0 Å². The van der Waals surface area contributed by atoms with Crippen LogP contribution < -0.4 is 14.2 Å². The van der Waals surface area contributed by atoms with Crippen LogP contribution in [0.2, 0.25) is 5.02 Å². The third kappa shape index (κ3) is 6.17. The topological polar surface area (TPSA) is 87.0 Å². The number of alkyl halides is 3. The fraction of sp³-hybridized carbons (Fsp3) is 0.241. The SMILES string of the molecule is CCC(Oc1cc(Cn2c(C)c(C(=O)c3ccc(OC)cc3)c3ccc(OC(F)(F)F)cc32)ccc1Cl)C(=O)O. The van der Waals surface area contributed by atoms with Crippen LogP contribution in [0.25, 0.3) is 10.9 Å². The van der Waals surface area contributed by atoms with E-state index >= 15 is 0 Å². The van der Waals surface area contributed by atoms with E-state index in [4.69, 9.17) is 21.1 Å². The lowest BCUT2D eigenvalue weighted by Crippen LogP contribution is -2.26. The van der Waals surface area contributed by atoms with Crippen LogP contribution in [0.5, 0.6) is 17.2 Å². The molecule has 210 valence electrons. The summed E-state index contributed by atoms with van der Waals surface area (Å²) in [6.45, 7) is 3.48. The Morgan fingerprint density at radius 2 is 1.70 bits per heavy atom. The summed E-state index contributed by atoms with van der Waals surface area (Å²) in [6, 6.07) is 15.1. The molecule has 0 fully saturated rings. The summed E-state index contributed by atoms with van der Waals surface area (Å²) in [4.78, 5) is 25.1. The van der Waals surface area contributed by atoms with Gasteiger partial charge >= 0.3 is 12.3 Å². The minimum atomic E-state index is -4.90. The van der Waals surface area contributed by atoms with Crippen LogP contribution in [0, 0.1) is 6.92 Å². The number of carbonyl (C=O) groups excluding carboxylic acids is 1. The molecule has 0 aliphatic heterocycles. The molecular formula is C29H25ClF3NO6. The Hall–Kier alpha value is -4.18. The molecule has 0 bridgehead atoms. The van der Waals surface area contributed by atoms with Crippen LogP contribution in [0.15, 0.2) is 60.7 Å². The number of rotatable bonds is 10. The highest BCUT2D eigenvalue weighted by molar-refractivity contribution is 6.32. The Morgan fingerprint density at radius 1 is 1.02 bits per heavy atom. The minimum absolute atomic E-state index is 0.116. The molecule has 0 radical (unpaired) electrons. The van der Waals surface area contributed by atoms with Crippen molar-refractivity contribution < 1.29 is 42.1 Å². The van der Waals surface area contributed by atoms with E-state index in [0.717, 1.165) is 6.07 Å². The van der Waals surface area contributed by atoms with E-state index in [1.54, 1.807) is 60.9 Å². The Morgan fingerprint density at radius 3 is 2.30 bits per heavy atom. The molecule has 3 aromatic carbocycles.